The van der Waals surface area contributed by atoms with E-state index in [0.29, 0.717) is 23.2 Å². The summed E-state index contributed by atoms with van der Waals surface area (Å²) in [7, 11) is 0.663. The standard InChI is InChI=1S/C13H16N2O4S2/c1-19-9-3-4-11-10(7-9)14-13(20-8-12(16)17)15(11)5-6-21(2)18/h3-4,7H,5-6,8H2,1-2H3,(H,16,17). The summed E-state index contributed by atoms with van der Waals surface area (Å²) in [5.41, 5.74) is 1.62. The molecule has 1 atom stereocenters. The van der Waals surface area contributed by atoms with Gasteiger partial charge in [-0.15, -0.1) is 0 Å². The van der Waals surface area contributed by atoms with Crippen LogP contribution >= 0.6 is 11.8 Å². The van der Waals surface area contributed by atoms with Crippen LogP contribution in [-0.4, -0.2) is 49.7 Å². The largest absolute Gasteiger partial charge is 0.497 e. The van der Waals surface area contributed by atoms with Gasteiger partial charge in [-0.05, 0) is 12.1 Å². The number of hydrogen-bond acceptors (Lipinski definition) is 5. The zero-order valence-electron chi connectivity index (χ0n) is 11.7. The van der Waals surface area contributed by atoms with Crippen molar-refractivity contribution < 1.29 is 18.8 Å². The van der Waals surface area contributed by atoms with E-state index < -0.39 is 16.8 Å². The number of thioether (sulfide) groups is 1. The Hall–Kier alpha value is -1.54. The summed E-state index contributed by atoms with van der Waals surface area (Å²) in [5, 5.41) is 9.43. The minimum atomic E-state index is -0.919. The third kappa shape index (κ3) is 3.98. The third-order valence-corrected chi connectivity index (χ3v) is 4.57. The Morgan fingerprint density at radius 1 is 1.52 bits per heavy atom. The average molecular weight is 328 g/mol. The van der Waals surface area contributed by atoms with Crippen molar-refractivity contribution in [3.05, 3.63) is 18.2 Å². The molecule has 1 aromatic carbocycles. The molecular formula is C13H16N2O4S2. The number of hydrogen-bond donors (Lipinski definition) is 1. The van der Waals surface area contributed by atoms with Crippen LogP contribution in [0.25, 0.3) is 11.0 Å². The number of benzene rings is 1. The molecule has 114 valence electrons. The smallest absolute Gasteiger partial charge is 0.313 e. The molecule has 0 saturated heterocycles. The summed E-state index contributed by atoms with van der Waals surface area (Å²) < 4.78 is 18.4. The quantitative estimate of drug-likeness (QED) is 0.778. The number of nitrogens with zero attached hydrogens (tertiary/aromatic N) is 2. The van der Waals surface area contributed by atoms with Crippen LogP contribution in [0.2, 0.25) is 0 Å². The number of methoxy groups -OCH3 is 1. The van der Waals surface area contributed by atoms with E-state index in [4.69, 9.17) is 9.84 Å². The number of ether oxygens (including phenoxy) is 1. The van der Waals surface area contributed by atoms with E-state index in [0.717, 1.165) is 22.8 Å². The molecule has 1 aromatic heterocycles. The lowest BCUT2D eigenvalue weighted by Crippen LogP contribution is -2.08. The highest BCUT2D eigenvalue weighted by Crippen LogP contribution is 2.26. The van der Waals surface area contributed by atoms with E-state index in [2.05, 4.69) is 4.98 Å². The second-order valence-electron chi connectivity index (χ2n) is 4.36. The molecule has 0 radical (unpaired) electrons. The fourth-order valence-corrected chi connectivity index (χ4v) is 3.09. The van der Waals surface area contributed by atoms with Crippen LogP contribution in [0.15, 0.2) is 23.4 Å². The SMILES string of the molecule is COc1ccc2c(c1)nc(SCC(=O)O)n2CCS(C)=O. The summed E-state index contributed by atoms with van der Waals surface area (Å²) >= 11 is 1.16. The van der Waals surface area contributed by atoms with Crippen LogP contribution in [-0.2, 0) is 22.1 Å². The Bertz CT molecular complexity index is 684. The summed E-state index contributed by atoms with van der Waals surface area (Å²) in [4.78, 5) is 15.2. The van der Waals surface area contributed by atoms with Gasteiger partial charge in [0.25, 0.3) is 0 Å². The molecule has 0 bridgehead atoms. The van der Waals surface area contributed by atoms with Crippen molar-refractivity contribution in [1.82, 2.24) is 9.55 Å². The summed E-state index contributed by atoms with van der Waals surface area (Å²) in [6.45, 7) is 0.536. The van der Waals surface area contributed by atoms with Crippen molar-refractivity contribution in [3.63, 3.8) is 0 Å². The van der Waals surface area contributed by atoms with Crippen molar-refractivity contribution >= 4 is 39.6 Å². The van der Waals surface area contributed by atoms with E-state index >= 15 is 0 Å². The van der Waals surface area contributed by atoms with E-state index in [1.54, 1.807) is 19.4 Å². The van der Waals surface area contributed by atoms with Gasteiger partial charge < -0.3 is 14.4 Å². The predicted molar refractivity (Wildman–Crippen MR) is 83.6 cm³/mol. The van der Waals surface area contributed by atoms with Gasteiger partial charge in [0.2, 0.25) is 0 Å². The van der Waals surface area contributed by atoms with Crippen molar-refractivity contribution in [2.24, 2.45) is 0 Å². The lowest BCUT2D eigenvalue weighted by atomic mass is 10.3. The minimum Gasteiger partial charge on any atom is -0.497 e. The first-order valence-corrected chi connectivity index (χ1v) is 8.91. The molecule has 1 N–H and O–H groups in total. The molecule has 0 fully saturated rings. The van der Waals surface area contributed by atoms with E-state index in [1.807, 2.05) is 16.7 Å². The number of carbonyl (C=O) groups is 1. The molecule has 0 amide bonds. The summed E-state index contributed by atoms with van der Waals surface area (Å²) in [6.07, 6.45) is 1.65. The molecule has 0 spiro atoms. The van der Waals surface area contributed by atoms with E-state index in [-0.39, 0.29) is 5.75 Å². The first-order valence-electron chi connectivity index (χ1n) is 6.20. The third-order valence-electron chi connectivity index (χ3n) is 2.85. The first-order chi connectivity index (χ1) is 10.0. The van der Waals surface area contributed by atoms with Gasteiger partial charge in [-0.2, -0.15) is 0 Å². The van der Waals surface area contributed by atoms with Gasteiger partial charge in [-0.3, -0.25) is 9.00 Å². The van der Waals surface area contributed by atoms with Crippen molar-refractivity contribution in [2.75, 3.05) is 24.9 Å². The molecule has 0 aliphatic heterocycles. The van der Waals surface area contributed by atoms with Crippen LogP contribution in [0, 0.1) is 0 Å². The van der Waals surface area contributed by atoms with Gasteiger partial charge in [0, 0.05) is 35.4 Å². The number of fused-ring (bicyclic) bond motifs is 1. The van der Waals surface area contributed by atoms with E-state index in [1.165, 1.54) is 0 Å². The summed E-state index contributed by atoms with van der Waals surface area (Å²) in [6, 6.07) is 5.51. The van der Waals surface area contributed by atoms with Crippen LogP contribution in [0.3, 0.4) is 0 Å². The zero-order chi connectivity index (χ0) is 15.4. The topological polar surface area (TPSA) is 81.4 Å². The molecule has 2 rings (SSSR count). The van der Waals surface area contributed by atoms with Gasteiger partial charge >= 0.3 is 5.97 Å². The molecule has 0 saturated carbocycles. The molecule has 0 aliphatic carbocycles. The van der Waals surface area contributed by atoms with Gasteiger partial charge in [0.05, 0.1) is 23.9 Å². The average Bonchev–Trinajstić information content (AvgIpc) is 2.79. The fraction of sp³-hybridized carbons (Fsp3) is 0.385. The number of aliphatic carboxylic acids is 1. The molecular weight excluding hydrogens is 312 g/mol. The maximum absolute atomic E-state index is 11.3. The van der Waals surface area contributed by atoms with Gasteiger partial charge in [-0.1, -0.05) is 11.8 Å². The first kappa shape index (κ1) is 15.8. The monoisotopic (exact) mass is 328 g/mol. The van der Waals surface area contributed by atoms with Gasteiger partial charge in [0.1, 0.15) is 5.75 Å². The Kier molecular flexibility index (Phi) is 5.24. The maximum Gasteiger partial charge on any atom is 0.313 e. The minimum absolute atomic E-state index is 0.0599. The second kappa shape index (κ2) is 6.95. The second-order valence-corrected chi connectivity index (χ2v) is 6.86. The maximum atomic E-state index is 11.3. The molecule has 0 aliphatic rings. The predicted octanol–water partition coefficient (Wildman–Crippen LogP) is 1.60. The highest BCUT2D eigenvalue weighted by atomic mass is 32.2. The van der Waals surface area contributed by atoms with Crippen LogP contribution in [0.5, 0.6) is 5.75 Å². The Balaban J connectivity index is 2.39. The molecule has 21 heavy (non-hydrogen) atoms. The number of imidazole rings is 1. The number of carboxylic acid groups (broad SMARTS) is 1. The lowest BCUT2D eigenvalue weighted by molar-refractivity contribution is -0.133. The Labute approximate surface area is 129 Å². The Morgan fingerprint density at radius 2 is 2.29 bits per heavy atom. The molecule has 1 heterocycles. The number of aromatic nitrogens is 2. The lowest BCUT2D eigenvalue weighted by Gasteiger charge is -2.07. The van der Waals surface area contributed by atoms with Crippen molar-refractivity contribution in [1.29, 1.82) is 0 Å². The number of carboxylic acids is 1. The Morgan fingerprint density at radius 3 is 2.90 bits per heavy atom. The highest BCUT2D eigenvalue weighted by Gasteiger charge is 2.13. The van der Waals surface area contributed by atoms with Crippen molar-refractivity contribution in [2.45, 2.75) is 11.7 Å². The molecule has 6 nitrogen and oxygen atoms in total. The van der Waals surface area contributed by atoms with Crippen LogP contribution in [0.4, 0.5) is 0 Å². The van der Waals surface area contributed by atoms with Gasteiger partial charge in [-0.25, -0.2) is 4.98 Å². The number of rotatable bonds is 7. The van der Waals surface area contributed by atoms with E-state index in [9.17, 15) is 9.00 Å². The normalized spacial score (nSPS) is 12.5. The number of aryl methyl sites for hydroxylation is 1. The van der Waals surface area contributed by atoms with Crippen LogP contribution in [0.1, 0.15) is 0 Å². The van der Waals surface area contributed by atoms with Gasteiger partial charge in [0.15, 0.2) is 5.16 Å². The molecule has 1 unspecified atom stereocenters. The molecule has 8 heteroatoms. The highest BCUT2D eigenvalue weighted by molar-refractivity contribution is 7.99. The summed E-state index contributed by atoms with van der Waals surface area (Å²) in [5.74, 6) is 0.240. The zero-order valence-corrected chi connectivity index (χ0v) is 13.4. The van der Waals surface area contributed by atoms with Crippen LogP contribution < -0.4 is 4.74 Å². The fourth-order valence-electron chi connectivity index (χ4n) is 1.89. The molecule has 2 aromatic rings. The van der Waals surface area contributed by atoms with Crippen molar-refractivity contribution in [3.8, 4) is 5.75 Å².